The Morgan fingerprint density at radius 3 is 2.73 bits per heavy atom. The number of likely N-dealkylation sites (tertiary alicyclic amines) is 1. The molecule has 0 atom stereocenters. The largest absolute Gasteiger partial charge is 0.349 e. The van der Waals surface area contributed by atoms with Gasteiger partial charge in [-0.1, -0.05) is 17.7 Å². The molecule has 0 unspecified atom stereocenters. The zero-order valence-electron chi connectivity index (χ0n) is 14.4. The van der Waals surface area contributed by atoms with Crippen molar-refractivity contribution in [2.45, 2.75) is 25.3 Å². The lowest BCUT2D eigenvalue weighted by Crippen LogP contribution is -2.45. The molecule has 2 amide bonds. The molecule has 0 bridgehead atoms. The number of piperidine rings is 1. The van der Waals surface area contributed by atoms with Gasteiger partial charge in [-0.2, -0.15) is 11.3 Å². The number of hydrogen-bond donors (Lipinski definition) is 2. The van der Waals surface area contributed by atoms with Crippen LogP contribution in [0.15, 0.2) is 41.1 Å². The first kappa shape index (κ1) is 18.9. The summed E-state index contributed by atoms with van der Waals surface area (Å²) in [5.41, 5.74) is 1.45. The molecule has 3 rings (SSSR count). The summed E-state index contributed by atoms with van der Waals surface area (Å²) >= 11 is 7.45. The standard InChI is InChI=1S/C19H22ClN3O2S/c20-15-2-1-3-17(12-15)21-18(24)6-10-23-8-4-16(5-9-23)22-19(25)14-7-11-26-13-14/h1-3,7,11-13,16H,4-6,8-10H2,(H,21,24)(H,22,25). The summed E-state index contributed by atoms with van der Waals surface area (Å²) in [5, 5.41) is 10.3. The fraction of sp³-hybridized carbons (Fsp3) is 0.368. The van der Waals surface area contributed by atoms with Gasteiger partial charge in [-0.25, -0.2) is 0 Å². The average molecular weight is 392 g/mol. The van der Waals surface area contributed by atoms with Crippen molar-refractivity contribution in [3.05, 3.63) is 51.7 Å². The highest BCUT2D eigenvalue weighted by Gasteiger charge is 2.21. The van der Waals surface area contributed by atoms with E-state index in [2.05, 4.69) is 15.5 Å². The third kappa shape index (κ3) is 5.56. The minimum Gasteiger partial charge on any atom is -0.349 e. The van der Waals surface area contributed by atoms with Gasteiger partial charge in [0.15, 0.2) is 0 Å². The SMILES string of the molecule is O=C(CCN1CCC(NC(=O)c2ccsc2)CC1)Nc1cccc(Cl)c1. The number of amides is 2. The Balaban J connectivity index is 1.36. The summed E-state index contributed by atoms with van der Waals surface area (Å²) in [4.78, 5) is 26.4. The topological polar surface area (TPSA) is 61.4 Å². The van der Waals surface area contributed by atoms with Gasteiger partial charge in [-0.3, -0.25) is 9.59 Å². The zero-order valence-corrected chi connectivity index (χ0v) is 16.0. The molecule has 2 aromatic rings. The first-order valence-corrected chi connectivity index (χ1v) is 10.0. The lowest BCUT2D eigenvalue weighted by atomic mass is 10.0. The first-order valence-electron chi connectivity index (χ1n) is 8.71. The molecule has 138 valence electrons. The summed E-state index contributed by atoms with van der Waals surface area (Å²) < 4.78 is 0. The van der Waals surface area contributed by atoms with Crippen LogP contribution in [-0.4, -0.2) is 42.4 Å². The van der Waals surface area contributed by atoms with Crippen LogP contribution in [0.4, 0.5) is 5.69 Å². The van der Waals surface area contributed by atoms with Gasteiger partial charge in [-0.15, -0.1) is 0 Å². The molecule has 26 heavy (non-hydrogen) atoms. The maximum Gasteiger partial charge on any atom is 0.252 e. The van der Waals surface area contributed by atoms with Crippen LogP contribution in [-0.2, 0) is 4.79 Å². The van der Waals surface area contributed by atoms with Crippen molar-refractivity contribution in [1.82, 2.24) is 10.2 Å². The molecule has 0 radical (unpaired) electrons. The van der Waals surface area contributed by atoms with E-state index in [1.807, 2.05) is 29.0 Å². The van der Waals surface area contributed by atoms with E-state index in [4.69, 9.17) is 11.6 Å². The smallest absolute Gasteiger partial charge is 0.252 e. The zero-order chi connectivity index (χ0) is 18.4. The van der Waals surface area contributed by atoms with E-state index < -0.39 is 0 Å². The fourth-order valence-corrected chi connectivity index (χ4v) is 3.84. The van der Waals surface area contributed by atoms with Crippen LogP contribution in [0.1, 0.15) is 29.6 Å². The molecule has 1 fully saturated rings. The minimum atomic E-state index is -0.0137. The Morgan fingerprint density at radius 2 is 2.04 bits per heavy atom. The van der Waals surface area contributed by atoms with Crippen LogP contribution >= 0.6 is 22.9 Å². The molecular formula is C19H22ClN3O2S. The van der Waals surface area contributed by atoms with Crippen molar-refractivity contribution < 1.29 is 9.59 Å². The van der Waals surface area contributed by atoms with Crippen molar-refractivity contribution >= 4 is 40.4 Å². The maximum atomic E-state index is 12.1. The van der Waals surface area contributed by atoms with Crippen molar-refractivity contribution in [2.75, 3.05) is 25.0 Å². The van der Waals surface area contributed by atoms with Crippen molar-refractivity contribution in [1.29, 1.82) is 0 Å². The maximum absolute atomic E-state index is 12.1. The summed E-state index contributed by atoms with van der Waals surface area (Å²) in [5.74, 6) is -0.00856. The van der Waals surface area contributed by atoms with Crippen LogP contribution in [0.3, 0.4) is 0 Å². The van der Waals surface area contributed by atoms with Gasteiger partial charge in [0, 0.05) is 53.8 Å². The molecule has 0 aliphatic carbocycles. The number of benzene rings is 1. The Bertz CT molecular complexity index is 743. The molecule has 2 heterocycles. The molecule has 5 nitrogen and oxygen atoms in total. The number of anilines is 1. The first-order chi connectivity index (χ1) is 12.6. The molecule has 1 saturated heterocycles. The Labute approximate surface area is 162 Å². The number of hydrogen-bond acceptors (Lipinski definition) is 4. The van der Waals surface area contributed by atoms with E-state index in [1.165, 1.54) is 11.3 Å². The van der Waals surface area contributed by atoms with Gasteiger partial charge in [-0.05, 0) is 42.5 Å². The van der Waals surface area contributed by atoms with E-state index >= 15 is 0 Å². The van der Waals surface area contributed by atoms with Crippen LogP contribution in [0.2, 0.25) is 5.02 Å². The lowest BCUT2D eigenvalue weighted by Gasteiger charge is -2.32. The highest BCUT2D eigenvalue weighted by molar-refractivity contribution is 7.08. The second-order valence-electron chi connectivity index (χ2n) is 6.41. The quantitative estimate of drug-likeness (QED) is 0.790. The van der Waals surface area contributed by atoms with E-state index in [0.29, 0.717) is 11.4 Å². The van der Waals surface area contributed by atoms with Crippen LogP contribution in [0.5, 0.6) is 0 Å². The van der Waals surface area contributed by atoms with E-state index in [9.17, 15) is 9.59 Å². The number of carbonyl (C=O) groups excluding carboxylic acids is 2. The van der Waals surface area contributed by atoms with Crippen molar-refractivity contribution in [3.8, 4) is 0 Å². The van der Waals surface area contributed by atoms with Gasteiger partial charge in [0.05, 0.1) is 0 Å². The van der Waals surface area contributed by atoms with Gasteiger partial charge >= 0.3 is 0 Å². The highest BCUT2D eigenvalue weighted by atomic mass is 35.5. The molecule has 1 aliphatic rings. The van der Waals surface area contributed by atoms with Crippen LogP contribution < -0.4 is 10.6 Å². The van der Waals surface area contributed by atoms with E-state index in [-0.39, 0.29) is 17.9 Å². The molecule has 0 spiro atoms. The van der Waals surface area contributed by atoms with Crippen molar-refractivity contribution in [3.63, 3.8) is 0 Å². The van der Waals surface area contributed by atoms with Gasteiger partial charge in [0.1, 0.15) is 0 Å². The number of nitrogens with zero attached hydrogens (tertiary/aromatic N) is 1. The Kier molecular flexibility index (Phi) is 6.66. The second kappa shape index (κ2) is 9.16. The molecule has 1 aromatic carbocycles. The monoisotopic (exact) mass is 391 g/mol. The van der Waals surface area contributed by atoms with Gasteiger partial charge in [0.2, 0.25) is 5.91 Å². The van der Waals surface area contributed by atoms with Gasteiger partial charge in [0.25, 0.3) is 5.91 Å². The average Bonchev–Trinajstić information content (AvgIpc) is 3.16. The number of thiophene rings is 1. The molecule has 0 saturated carbocycles. The summed E-state index contributed by atoms with van der Waals surface area (Å²) in [6.07, 6.45) is 2.26. The third-order valence-electron chi connectivity index (χ3n) is 4.47. The van der Waals surface area contributed by atoms with Gasteiger partial charge < -0.3 is 15.5 Å². The molecule has 2 N–H and O–H groups in total. The number of carbonyl (C=O) groups is 2. The normalized spacial score (nSPS) is 15.6. The lowest BCUT2D eigenvalue weighted by molar-refractivity contribution is -0.116. The predicted molar refractivity (Wildman–Crippen MR) is 106 cm³/mol. The third-order valence-corrected chi connectivity index (χ3v) is 5.39. The summed E-state index contributed by atoms with van der Waals surface area (Å²) in [6, 6.07) is 9.20. The Hall–Kier alpha value is -1.89. The minimum absolute atomic E-state index is 0.00518. The molecule has 1 aromatic heterocycles. The predicted octanol–water partition coefficient (Wildman–Crippen LogP) is 3.62. The van der Waals surface area contributed by atoms with E-state index in [1.54, 1.807) is 12.1 Å². The number of rotatable bonds is 6. The molecule has 7 heteroatoms. The number of nitrogens with one attached hydrogen (secondary N) is 2. The van der Waals surface area contributed by atoms with Crippen LogP contribution in [0.25, 0.3) is 0 Å². The summed E-state index contributed by atoms with van der Waals surface area (Å²) in [6.45, 7) is 2.50. The molecular weight excluding hydrogens is 370 g/mol. The summed E-state index contributed by atoms with van der Waals surface area (Å²) in [7, 11) is 0. The van der Waals surface area contributed by atoms with Crippen molar-refractivity contribution in [2.24, 2.45) is 0 Å². The van der Waals surface area contributed by atoms with E-state index in [0.717, 1.165) is 43.7 Å². The Morgan fingerprint density at radius 1 is 1.23 bits per heavy atom. The highest BCUT2D eigenvalue weighted by Crippen LogP contribution is 2.16. The fourth-order valence-electron chi connectivity index (χ4n) is 3.01. The molecule has 1 aliphatic heterocycles. The number of halogens is 1. The van der Waals surface area contributed by atoms with Crippen LogP contribution in [0, 0.1) is 0 Å². The second-order valence-corrected chi connectivity index (χ2v) is 7.63.